The lowest BCUT2D eigenvalue weighted by Gasteiger charge is -2.22. The maximum absolute atomic E-state index is 11.8. The molecule has 0 aliphatic carbocycles. The third kappa shape index (κ3) is 3.82. The lowest BCUT2D eigenvalue weighted by Crippen LogP contribution is -2.36. The number of anilines is 2. The van der Waals surface area contributed by atoms with Gasteiger partial charge in [0.25, 0.3) is 0 Å². The molecule has 0 aromatic carbocycles. The average Bonchev–Trinajstić information content (AvgIpc) is 2.39. The highest BCUT2D eigenvalue weighted by atomic mass is 16.5. The molecule has 1 aromatic heterocycles. The zero-order valence-corrected chi connectivity index (χ0v) is 13.1. The van der Waals surface area contributed by atoms with Gasteiger partial charge in [-0.2, -0.15) is 0 Å². The van der Waals surface area contributed by atoms with E-state index in [4.69, 9.17) is 4.74 Å². The van der Waals surface area contributed by atoms with Gasteiger partial charge in [0.05, 0.1) is 7.11 Å². The molecule has 0 spiro atoms. The number of hydrogen-bond acceptors (Lipinski definition) is 6. The number of carbonyl (C=O) groups is 1. The molecule has 0 aliphatic rings. The van der Waals surface area contributed by atoms with Crippen LogP contribution in [0.3, 0.4) is 0 Å². The number of rotatable bonds is 6. The minimum atomic E-state index is -0.428. The van der Waals surface area contributed by atoms with Crippen LogP contribution in [0.1, 0.15) is 32.2 Å². The van der Waals surface area contributed by atoms with Gasteiger partial charge in [-0.1, -0.05) is 13.8 Å². The molecule has 1 rings (SSSR count). The molecule has 1 aromatic rings. The van der Waals surface area contributed by atoms with Gasteiger partial charge in [0.1, 0.15) is 23.5 Å². The first-order chi connectivity index (χ1) is 9.40. The summed E-state index contributed by atoms with van der Waals surface area (Å²) in [7, 11) is 1.39. The van der Waals surface area contributed by atoms with Crippen molar-refractivity contribution in [2.45, 2.75) is 40.7 Å². The molecule has 0 saturated carbocycles. The van der Waals surface area contributed by atoms with E-state index in [1.807, 2.05) is 34.6 Å². The Morgan fingerprint density at radius 3 is 2.35 bits per heavy atom. The largest absolute Gasteiger partial charge is 0.467 e. The van der Waals surface area contributed by atoms with E-state index >= 15 is 0 Å². The number of esters is 1. The lowest BCUT2D eigenvalue weighted by atomic mass is 10.0. The predicted octanol–water partition coefficient (Wildman–Crippen LogP) is 2.13. The van der Waals surface area contributed by atoms with E-state index in [1.165, 1.54) is 7.11 Å². The lowest BCUT2D eigenvalue weighted by molar-refractivity contribution is -0.142. The Balaban J connectivity index is 3.09. The minimum Gasteiger partial charge on any atom is -0.467 e. The maximum Gasteiger partial charge on any atom is 0.328 e. The first-order valence-corrected chi connectivity index (χ1v) is 6.84. The van der Waals surface area contributed by atoms with Gasteiger partial charge < -0.3 is 15.4 Å². The van der Waals surface area contributed by atoms with E-state index in [-0.39, 0.29) is 11.9 Å². The summed E-state index contributed by atoms with van der Waals surface area (Å²) in [5.41, 5.74) is 0.895. The van der Waals surface area contributed by atoms with Gasteiger partial charge >= 0.3 is 5.97 Å². The van der Waals surface area contributed by atoms with Crippen molar-refractivity contribution < 1.29 is 9.53 Å². The van der Waals surface area contributed by atoms with E-state index < -0.39 is 6.04 Å². The molecule has 1 unspecified atom stereocenters. The predicted molar refractivity (Wildman–Crippen MR) is 79.9 cm³/mol. The summed E-state index contributed by atoms with van der Waals surface area (Å²) in [5, 5.41) is 6.37. The molecule has 0 amide bonds. The van der Waals surface area contributed by atoms with Gasteiger partial charge in [0.2, 0.25) is 0 Å². The van der Waals surface area contributed by atoms with Crippen molar-refractivity contribution in [3.63, 3.8) is 0 Å². The third-order valence-electron chi connectivity index (χ3n) is 3.02. The van der Waals surface area contributed by atoms with Crippen LogP contribution < -0.4 is 10.6 Å². The van der Waals surface area contributed by atoms with Crippen molar-refractivity contribution >= 4 is 17.6 Å². The second kappa shape index (κ2) is 7.07. The number of nitrogens with one attached hydrogen (secondary N) is 2. The monoisotopic (exact) mass is 280 g/mol. The van der Waals surface area contributed by atoms with Crippen molar-refractivity contribution in [1.82, 2.24) is 9.97 Å². The second-order valence-electron chi connectivity index (χ2n) is 5.01. The van der Waals surface area contributed by atoms with E-state index in [0.29, 0.717) is 11.6 Å². The van der Waals surface area contributed by atoms with Crippen LogP contribution in [-0.2, 0) is 9.53 Å². The minimum absolute atomic E-state index is 0.0969. The number of ether oxygens (including phenoxy) is 1. The molecule has 2 N–H and O–H groups in total. The second-order valence-corrected chi connectivity index (χ2v) is 5.01. The fraction of sp³-hybridized carbons (Fsp3) is 0.643. The van der Waals surface area contributed by atoms with Gasteiger partial charge in [-0.15, -0.1) is 0 Å². The molecule has 6 heteroatoms. The van der Waals surface area contributed by atoms with Gasteiger partial charge in [0, 0.05) is 12.1 Å². The number of aryl methyl sites for hydroxylation is 1. The Morgan fingerprint density at radius 1 is 1.25 bits per heavy atom. The quantitative estimate of drug-likeness (QED) is 0.777. The van der Waals surface area contributed by atoms with Crippen LogP contribution in [-0.4, -0.2) is 35.6 Å². The van der Waals surface area contributed by atoms with Gasteiger partial charge in [-0.3, -0.25) is 0 Å². The molecule has 1 atom stereocenters. The summed E-state index contributed by atoms with van der Waals surface area (Å²) in [6, 6.07) is -0.428. The Bertz CT molecular complexity index is 474. The molecule has 0 bridgehead atoms. The van der Waals surface area contributed by atoms with Crippen LogP contribution in [0.5, 0.6) is 0 Å². The first-order valence-electron chi connectivity index (χ1n) is 6.84. The highest BCUT2D eigenvalue weighted by Gasteiger charge is 2.24. The zero-order chi connectivity index (χ0) is 15.3. The van der Waals surface area contributed by atoms with Crippen LogP contribution in [0.2, 0.25) is 0 Å². The van der Waals surface area contributed by atoms with Crippen molar-refractivity contribution in [2.75, 3.05) is 24.3 Å². The van der Waals surface area contributed by atoms with Gasteiger partial charge in [-0.25, -0.2) is 14.8 Å². The topological polar surface area (TPSA) is 76.1 Å². The summed E-state index contributed by atoms with van der Waals surface area (Å²) in [4.78, 5) is 20.6. The van der Waals surface area contributed by atoms with Crippen LogP contribution in [0.15, 0.2) is 0 Å². The summed E-state index contributed by atoms with van der Waals surface area (Å²) < 4.78 is 4.83. The summed E-state index contributed by atoms with van der Waals surface area (Å²) in [6.07, 6.45) is 0. The number of methoxy groups -OCH3 is 1. The van der Waals surface area contributed by atoms with Crippen LogP contribution in [0.25, 0.3) is 0 Å². The fourth-order valence-electron chi connectivity index (χ4n) is 1.88. The molecular weight excluding hydrogens is 256 g/mol. The molecule has 0 aliphatic heterocycles. The molecule has 0 saturated heterocycles. The SMILES string of the molecule is CCNc1nc(C)nc(NC(C(=O)OC)C(C)C)c1C. The van der Waals surface area contributed by atoms with Crippen LogP contribution >= 0.6 is 0 Å². The van der Waals surface area contributed by atoms with E-state index in [0.717, 1.165) is 17.9 Å². The normalized spacial score (nSPS) is 12.2. The van der Waals surface area contributed by atoms with Crippen LogP contribution in [0.4, 0.5) is 11.6 Å². The standard InChI is InChI=1S/C14H24N4O2/c1-7-15-12-9(4)13(17-10(5)16-12)18-11(8(2)3)14(19)20-6/h8,11H,7H2,1-6H3,(H2,15,16,17,18). The maximum atomic E-state index is 11.8. The van der Waals surface area contributed by atoms with E-state index in [2.05, 4.69) is 20.6 Å². The molecule has 0 fully saturated rings. The van der Waals surface area contributed by atoms with Crippen LogP contribution in [0, 0.1) is 19.8 Å². The molecule has 0 radical (unpaired) electrons. The molecule has 1 heterocycles. The smallest absolute Gasteiger partial charge is 0.328 e. The fourth-order valence-corrected chi connectivity index (χ4v) is 1.88. The number of hydrogen-bond donors (Lipinski definition) is 2. The molecule has 6 nitrogen and oxygen atoms in total. The van der Waals surface area contributed by atoms with E-state index in [9.17, 15) is 4.79 Å². The molecule has 112 valence electrons. The molecule has 20 heavy (non-hydrogen) atoms. The summed E-state index contributed by atoms with van der Waals surface area (Å²) in [5.74, 6) is 1.91. The van der Waals surface area contributed by atoms with Crippen molar-refractivity contribution in [1.29, 1.82) is 0 Å². The number of aromatic nitrogens is 2. The Labute approximate surface area is 120 Å². The van der Waals surface area contributed by atoms with E-state index in [1.54, 1.807) is 0 Å². The Morgan fingerprint density at radius 2 is 1.85 bits per heavy atom. The number of nitrogens with zero attached hydrogens (tertiary/aromatic N) is 2. The highest BCUT2D eigenvalue weighted by molar-refractivity contribution is 5.79. The van der Waals surface area contributed by atoms with Gasteiger partial charge in [0.15, 0.2) is 0 Å². The third-order valence-corrected chi connectivity index (χ3v) is 3.02. The number of carbonyl (C=O) groups excluding carboxylic acids is 1. The summed E-state index contributed by atoms with van der Waals surface area (Å²) >= 11 is 0. The Hall–Kier alpha value is -1.85. The van der Waals surface area contributed by atoms with Gasteiger partial charge in [-0.05, 0) is 26.7 Å². The Kier molecular flexibility index (Phi) is 5.73. The summed E-state index contributed by atoms with van der Waals surface area (Å²) in [6.45, 7) is 10.5. The zero-order valence-electron chi connectivity index (χ0n) is 13.1. The first kappa shape index (κ1) is 16.2. The average molecular weight is 280 g/mol. The highest BCUT2D eigenvalue weighted by Crippen LogP contribution is 2.22. The molecular formula is C14H24N4O2. The van der Waals surface area contributed by atoms with Crippen molar-refractivity contribution in [3.05, 3.63) is 11.4 Å². The van der Waals surface area contributed by atoms with Crippen molar-refractivity contribution in [2.24, 2.45) is 5.92 Å². The van der Waals surface area contributed by atoms with Crippen molar-refractivity contribution in [3.8, 4) is 0 Å².